The molecular weight excluding hydrogens is 534 g/mol. The van der Waals surface area contributed by atoms with E-state index in [2.05, 4.69) is 5.32 Å². The van der Waals surface area contributed by atoms with Gasteiger partial charge >= 0.3 is 0 Å². The second kappa shape index (κ2) is 13.0. The first-order chi connectivity index (χ1) is 19.9. The number of carbonyl (C=O) groups is 4. The smallest absolute Gasteiger partial charge is 0.247 e. The van der Waals surface area contributed by atoms with E-state index in [1.54, 1.807) is 37.7 Å². The highest BCUT2D eigenvalue weighted by atomic mass is 16.5. The quantitative estimate of drug-likeness (QED) is 0.443. The molecule has 2 saturated heterocycles. The van der Waals surface area contributed by atoms with E-state index in [1.165, 1.54) is 4.90 Å². The Labute approximate surface area is 248 Å². The molecule has 2 aromatic carbocycles. The average molecular weight is 578 g/mol. The Morgan fingerprint density at radius 2 is 1.74 bits per heavy atom. The first kappa shape index (κ1) is 31.2. The van der Waals surface area contributed by atoms with Crippen molar-refractivity contribution < 1.29 is 23.9 Å². The third kappa shape index (κ3) is 6.99. The Kier molecular flexibility index (Phi) is 9.68. The molecule has 42 heavy (non-hydrogen) atoms. The predicted molar refractivity (Wildman–Crippen MR) is 159 cm³/mol. The van der Waals surface area contributed by atoms with Crippen molar-refractivity contribution in [2.45, 2.75) is 50.8 Å². The molecule has 4 amide bonds. The van der Waals surface area contributed by atoms with Crippen molar-refractivity contribution in [3.8, 4) is 0 Å². The Hall–Kier alpha value is -3.76. The fraction of sp³-hybridized carbons (Fsp3) is 0.500. The molecule has 0 radical (unpaired) electrons. The van der Waals surface area contributed by atoms with Crippen molar-refractivity contribution in [2.24, 2.45) is 11.1 Å². The number of ether oxygens (including phenoxy) is 1. The van der Waals surface area contributed by atoms with Crippen LogP contribution in [0.15, 0.2) is 60.7 Å². The Morgan fingerprint density at radius 1 is 1.10 bits per heavy atom. The van der Waals surface area contributed by atoms with Gasteiger partial charge in [-0.3, -0.25) is 19.2 Å². The lowest BCUT2D eigenvalue weighted by molar-refractivity contribution is -0.149. The van der Waals surface area contributed by atoms with Gasteiger partial charge in [0.1, 0.15) is 6.04 Å². The molecule has 2 heterocycles. The Balaban J connectivity index is 1.58. The number of hydrogen-bond acceptors (Lipinski definition) is 6. The summed E-state index contributed by atoms with van der Waals surface area (Å²) < 4.78 is 5.90. The summed E-state index contributed by atoms with van der Waals surface area (Å²) in [6.07, 6.45) is 1.21. The predicted octanol–water partition coefficient (Wildman–Crippen LogP) is 1.75. The zero-order valence-corrected chi connectivity index (χ0v) is 25.0. The maximum absolute atomic E-state index is 14.1. The summed E-state index contributed by atoms with van der Waals surface area (Å²) in [6.45, 7) is 4.41. The van der Waals surface area contributed by atoms with Gasteiger partial charge in [0.25, 0.3) is 0 Å². The zero-order valence-electron chi connectivity index (χ0n) is 25.0. The molecule has 0 aromatic heterocycles. The lowest BCUT2D eigenvalue weighted by atomic mass is 9.69. The van der Waals surface area contributed by atoms with Crippen molar-refractivity contribution in [3.05, 3.63) is 71.8 Å². The van der Waals surface area contributed by atoms with Gasteiger partial charge in [-0.05, 0) is 37.8 Å². The van der Waals surface area contributed by atoms with Crippen LogP contribution in [0.5, 0.6) is 0 Å². The minimum absolute atomic E-state index is 0.0115. The molecule has 10 nitrogen and oxygen atoms in total. The van der Waals surface area contributed by atoms with Gasteiger partial charge in [-0.2, -0.15) is 0 Å². The number of hydrogen-bond donors (Lipinski definition) is 2. The standard InChI is InChI=1S/C32H43N5O5/c1-31(2,33)29(40)34-26(21-42-20-23-12-7-5-8-13-23)28(39)36-17-11-16-32(22-36)25(24-14-9-6-10-15-24)18-37(30(32)41)19-27(38)35(3)4/h5-10,12-15,25-26H,11,16-22,33H2,1-4H3,(H,34,40). The lowest BCUT2D eigenvalue weighted by Gasteiger charge is -2.43. The molecular formula is C32H43N5O5. The third-order valence-electron chi connectivity index (χ3n) is 8.23. The summed E-state index contributed by atoms with van der Waals surface area (Å²) >= 11 is 0. The van der Waals surface area contributed by atoms with Crippen molar-refractivity contribution in [1.82, 2.24) is 20.0 Å². The molecule has 10 heteroatoms. The number of nitrogens with zero attached hydrogens (tertiary/aromatic N) is 3. The van der Waals surface area contributed by atoms with E-state index in [-0.39, 0.29) is 49.9 Å². The highest BCUT2D eigenvalue weighted by Gasteiger charge is 2.57. The summed E-state index contributed by atoms with van der Waals surface area (Å²) in [5, 5.41) is 2.80. The summed E-state index contributed by atoms with van der Waals surface area (Å²) in [6, 6.07) is 18.4. The number of carbonyl (C=O) groups excluding carboxylic acids is 4. The van der Waals surface area contributed by atoms with Gasteiger partial charge in [0.15, 0.2) is 0 Å². The Bertz CT molecular complexity index is 1260. The first-order valence-corrected chi connectivity index (χ1v) is 14.5. The average Bonchev–Trinajstić information content (AvgIpc) is 3.22. The highest BCUT2D eigenvalue weighted by molar-refractivity contribution is 5.94. The first-order valence-electron chi connectivity index (χ1n) is 14.5. The van der Waals surface area contributed by atoms with E-state index in [0.717, 1.165) is 11.1 Å². The van der Waals surface area contributed by atoms with Gasteiger partial charge in [-0.15, -0.1) is 0 Å². The topological polar surface area (TPSA) is 125 Å². The van der Waals surface area contributed by atoms with Crippen molar-refractivity contribution >= 4 is 23.6 Å². The number of rotatable bonds is 10. The van der Waals surface area contributed by atoms with Crippen LogP contribution < -0.4 is 11.1 Å². The molecule has 2 aliphatic rings. The van der Waals surface area contributed by atoms with Crippen LogP contribution in [-0.2, 0) is 30.5 Å². The van der Waals surface area contributed by atoms with Crippen LogP contribution >= 0.6 is 0 Å². The van der Waals surface area contributed by atoms with E-state index in [0.29, 0.717) is 25.9 Å². The maximum Gasteiger partial charge on any atom is 0.247 e. The Morgan fingerprint density at radius 3 is 2.36 bits per heavy atom. The van der Waals surface area contributed by atoms with Crippen molar-refractivity contribution in [1.29, 1.82) is 0 Å². The van der Waals surface area contributed by atoms with E-state index in [1.807, 2.05) is 60.7 Å². The minimum Gasteiger partial charge on any atom is -0.374 e. The van der Waals surface area contributed by atoms with Crippen molar-refractivity contribution in [3.63, 3.8) is 0 Å². The van der Waals surface area contributed by atoms with Crippen LogP contribution in [0.4, 0.5) is 0 Å². The molecule has 3 unspecified atom stereocenters. The van der Waals surface area contributed by atoms with Crippen LogP contribution in [0.3, 0.4) is 0 Å². The normalized spacial score (nSPS) is 21.4. The molecule has 226 valence electrons. The molecule has 0 aliphatic carbocycles. The summed E-state index contributed by atoms with van der Waals surface area (Å²) in [5.74, 6) is -1.25. The fourth-order valence-corrected chi connectivity index (χ4v) is 5.83. The van der Waals surface area contributed by atoms with Gasteiger partial charge in [0.2, 0.25) is 23.6 Å². The molecule has 0 bridgehead atoms. The van der Waals surface area contributed by atoms with Crippen LogP contribution in [0, 0.1) is 5.41 Å². The van der Waals surface area contributed by atoms with Crippen LogP contribution in [0.2, 0.25) is 0 Å². The molecule has 1 spiro atoms. The summed E-state index contributed by atoms with van der Waals surface area (Å²) in [4.78, 5) is 58.4. The second-order valence-corrected chi connectivity index (χ2v) is 12.2. The SMILES string of the molecule is CN(C)C(=O)CN1CC(c2ccccc2)C2(CCCN(C(=O)C(COCc3ccccc3)NC(=O)C(C)(C)N)C2)C1=O. The fourth-order valence-electron chi connectivity index (χ4n) is 5.83. The molecule has 4 rings (SSSR count). The molecule has 3 N–H and O–H groups in total. The largest absolute Gasteiger partial charge is 0.374 e. The maximum atomic E-state index is 14.1. The molecule has 2 aliphatic heterocycles. The number of amides is 4. The number of likely N-dealkylation sites (N-methyl/N-ethyl adjacent to an activating group) is 1. The second-order valence-electron chi connectivity index (χ2n) is 12.2. The van der Waals surface area contributed by atoms with E-state index in [4.69, 9.17) is 10.5 Å². The lowest BCUT2D eigenvalue weighted by Crippen LogP contribution is -2.60. The van der Waals surface area contributed by atoms with E-state index >= 15 is 0 Å². The number of nitrogens with one attached hydrogen (secondary N) is 1. The molecule has 3 atom stereocenters. The van der Waals surface area contributed by atoms with Crippen LogP contribution in [0.25, 0.3) is 0 Å². The van der Waals surface area contributed by atoms with Gasteiger partial charge in [-0.1, -0.05) is 60.7 Å². The molecule has 2 aromatic rings. The number of nitrogens with two attached hydrogens (primary N) is 1. The summed E-state index contributed by atoms with van der Waals surface area (Å²) in [7, 11) is 3.34. The van der Waals surface area contributed by atoms with E-state index in [9.17, 15) is 19.2 Å². The van der Waals surface area contributed by atoms with E-state index < -0.39 is 22.9 Å². The number of likely N-dealkylation sites (tertiary alicyclic amines) is 2. The third-order valence-corrected chi connectivity index (χ3v) is 8.23. The minimum atomic E-state index is -1.19. The number of piperidine rings is 1. The van der Waals surface area contributed by atoms with Gasteiger partial charge in [-0.25, -0.2) is 0 Å². The zero-order chi connectivity index (χ0) is 30.5. The van der Waals surface area contributed by atoms with Crippen LogP contribution in [-0.4, -0.2) is 96.8 Å². The molecule has 0 saturated carbocycles. The molecule has 2 fully saturated rings. The highest BCUT2D eigenvalue weighted by Crippen LogP contribution is 2.49. The van der Waals surface area contributed by atoms with Crippen molar-refractivity contribution in [2.75, 3.05) is 46.9 Å². The van der Waals surface area contributed by atoms with Gasteiger partial charge in [0.05, 0.1) is 30.7 Å². The monoisotopic (exact) mass is 577 g/mol. The van der Waals surface area contributed by atoms with Gasteiger partial charge in [0, 0.05) is 39.6 Å². The number of benzene rings is 2. The van der Waals surface area contributed by atoms with Crippen LogP contribution in [0.1, 0.15) is 43.7 Å². The van der Waals surface area contributed by atoms with Gasteiger partial charge < -0.3 is 30.5 Å². The summed E-state index contributed by atoms with van der Waals surface area (Å²) in [5.41, 5.74) is 5.91.